The van der Waals surface area contributed by atoms with E-state index in [1.807, 2.05) is 63.2 Å². The van der Waals surface area contributed by atoms with Crippen LogP contribution < -0.4 is 15.4 Å². The molecule has 12 nitrogen and oxygen atoms in total. The van der Waals surface area contributed by atoms with Gasteiger partial charge in [0.05, 0.1) is 17.2 Å². The van der Waals surface area contributed by atoms with Crippen molar-refractivity contribution in [3.63, 3.8) is 0 Å². The number of aliphatic hydroxyl groups is 1. The SMILES string of the molecule is CCCCCCCOc1ccc(-c2cnc(-c3ccc(C[C@H](NC(=O)c4ccc(C(C)(C)C)s4)C(=O)NC(C(=O)O)C(O)c4cc(C)no4)cc3)nc2)cc1. The lowest BCUT2D eigenvalue weighted by Crippen LogP contribution is -2.54. The first kappa shape index (κ1) is 40.8. The molecule has 5 aromatic rings. The predicted octanol–water partition coefficient (Wildman–Crippen LogP) is 7.46. The largest absolute Gasteiger partial charge is 0.494 e. The fourth-order valence-corrected chi connectivity index (χ4v) is 6.78. The van der Waals surface area contributed by atoms with Crippen LogP contribution in [0.3, 0.4) is 0 Å². The minimum absolute atomic E-state index is 0.0254. The molecule has 0 spiro atoms. The molecule has 0 radical (unpaired) electrons. The Labute approximate surface area is 325 Å². The van der Waals surface area contributed by atoms with E-state index in [4.69, 9.17) is 9.26 Å². The number of carboxylic acids is 1. The Morgan fingerprint density at radius 2 is 1.55 bits per heavy atom. The summed E-state index contributed by atoms with van der Waals surface area (Å²) in [4.78, 5) is 49.9. The van der Waals surface area contributed by atoms with Gasteiger partial charge in [0.2, 0.25) is 5.91 Å². The van der Waals surface area contributed by atoms with Gasteiger partial charge in [-0.1, -0.05) is 94.9 Å². The Kier molecular flexibility index (Phi) is 13.9. The van der Waals surface area contributed by atoms with Crippen LogP contribution >= 0.6 is 11.3 Å². The number of unbranched alkanes of at least 4 members (excludes halogenated alkanes) is 4. The molecule has 2 amide bonds. The Hall–Kier alpha value is -5.40. The van der Waals surface area contributed by atoms with Gasteiger partial charge < -0.3 is 30.1 Å². The van der Waals surface area contributed by atoms with E-state index in [1.165, 1.54) is 43.1 Å². The number of benzene rings is 2. The van der Waals surface area contributed by atoms with Crippen molar-refractivity contribution in [2.45, 2.75) is 96.7 Å². The third-order valence-electron chi connectivity index (χ3n) is 9.02. The van der Waals surface area contributed by atoms with Crippen molar-refractivity contribution in [1.29, 1.82) is 0 Å². The van der Waals surface area contributed by atoms with Crippen molar-refractivity contribution in [3.05, 3.63) is 106 Å². The number of carbonyl (C=O) groups excluding carboxylic acids is 2. The summed E-state index contributed by atoms with van der Waals surface area (Å²) >= 11 is 1.32. The van der Waals surface area contributed by atoms with Gasteiger partial charge in [-0.05, 0) is 54.2 Å². The molecule has 55 heavy (non-hydrogen) atoms. The molecule has 5 rings (SSSR count). The van der Waals surface area contributed by atoms with Crippen LogP contribution in [0.1, 0.15) is 97.5 Å². The monoisotopic (exact) mass is 767 g/mol. The number of ether oxygens (including phenoxy) is 1. The molecule has 0 aliphatic carbocycles. The molecule has 2 aromatic carbocycles. The highest BCUT2D eigenvalue weighted by atomic mass is 32.1. The first-order valence-corrected chi connectivity index (χ1v) is 19.3. The van der Waals surface area contributed by atoms with Gasteiger partial charge in [-0.2, -0.15) is 0 Å². The maximum atomic E-state index is 13.7. The van der Waals surface area contributed by atoms with Crippen LogP contribution in [-0.4, -0.2) is 61.8 Å². The summed E-state index contributed by atoms with van der Waals surface area (Å²) < 4.78 is 10.9. The summed E-state index contributed by atoms with van der Waals surface area (Å²) in [6.07, 6.45) is 7.77. The molecule has 290 valence electrons. The molecule has 0 saturated heterocycles. The Morgan fingerprint density at radius 3 is 2.15 bits per heavy atom. The highest BCUT2D eigenvalue weighted by molar-refractivity contribution is 7.14. The van der Waals surface area contributed by atoms with Gasteiger partial charge in [0.25, 0.3) is 5.91 Å². The van der Waals surface area contributed by atoms with E-state index < -0.39 is 36.0 Å². The highest BCUT2D eigenvalue weighted by Gasteiger charge is 2.35. The number of aromatic nitrogens is 3. The molecular formula is C42H49N5O7S. The maximum absolute atomic E-state index is 13.7. The second-order valence-corrected chi connectivity index (χ2v) is 15.6. The zero-order chi connectivity index (χ0) is 39.5. The van der Waals surface area contributed by atoms with Crippen LogP contribution in [0.5, 0.6) is 5.75 Å². The number of aliphatic carboxylic acids is 1. The molecule has 0 aliphatic rings. The second-order valence-electron chi connectivity index (χ2n) is 14.6. The number of hydrogen-bond donors (Lipinski definition) is 4. The topological polar surface area (TPSA) is 177 Å². The number of hydrogen-bond acceptors (Lipinski definition) is 10. The summed E-state index contributed by atoms with van der Waals surface area (Å²) in [6.45, 7) is 10.7. The summed E-state index contributed by atoms with van der Waals surface area (Å²) in [6, 6.07) is 17.1. The third-order valence-corrected chi connectivity index (χ3v) is 10.5. The Morgan fingerprint density at radius 1 is 0.873 bits per heavy atom. The lowest BCUT2D eigenvalue weighted by atomic mass is 9.95. The summed E-state index contributed by atoms with van der Waals surface area (Å²) in [5.74, 6) is -1.54. The zero-order valence-electron chi connectivity index (χ0n) is 31.9. The lowest BCUT2D eigenvalue weighted by Gasteiger charge is -2.23. The molecular weight excluding hydrogens is 719 g/mol. The average Bonchev–Trinajstić information content (AvgIpc) is 3.86. The predicted molar refractivity (Wildman–Crippen MR) is 211 cm³/mol. The van der Waals surface area contributed by atoms with Crippen molar-refractivity contribution in [2.24, 2.45) is 0 Å². The van der Waals surface area contributed by atoms with Gasteiger partial charge in [0.15, 0.2) is 17.6 Å². The van der Waals surface area contributed by atoms with Crippen LogP contribution in [0.2, 0.25) is 0 Å². The number of thiophene rings is 1. The van der Waals surface area contributed by atoms with Crippen LogP contribution in [0.15, 0.2) is 83.6 Å². The molecule has 0 fully saturated rings. The highest BCUT2D eigenvalue weighted by Crippen LogP contribution is 2.30. The summed E-state index contributed by atoms with van der Waals surface area (Å²) in [5.41, 5.74) is 3.51. The van der Waals surface area contributed by atoms with E-state index in [0.29, 0.717) is 28.6 Å². The van der Waals surface area contributed by atoms with Gasteiger partial charge in [-0.3, -0.25) is 9.59 Å². The molecule has 2 unspecified atom stereocenters. The normalized spacial score (nSPS) is 13.1. The van der Waals surface area contributed by atoms with Gasteiger partial charge >= 0.3 is 5.97 Å². The van der Waals surface area contributed by atoms with Gasteiger partial charge in [0, 0.05) is 40.9 Å². The van der Waals surface area contributed by atoms with Crippen molar-refractivity contribution >= 4 is 29.1 Å². The smallest absolute Gasteiger partial charge is 0.329 e. The molecule has 0 bridgehead atoms. The molecule has 13 heteroatoms. The van der Waals surface area contributed by atoms with Crippen molar-refractivity contribution in [3.8, 4) is 28.3 Å². The van der Waals surface area contributed by atoms with E-state index in [1.54, 1.807) is 37.5 Å². The number of nitrogens with one attached hydrogen (secondary N) is 2. The Bertz CT molecular complexity index is 2020. The van der Waals surface area contributed by atoms with Gasteiger partial charge in [-0.25, -0.2) is 14.8 Å². The second kappa shape index (κ2) is 18.8. The summed E-state index contributed by atoms with van der Waals surface area (Å²) in [5, 5.41) is 29.6. The molecule has 0 saturated carbocycles. The van der Waals surface area contributed by atoms with Gasteiger partial charge in [-0.15, -0.1) is 11.3 Å². The third kappa shape index (κ3) is 11.3. The fraction of sp³-hybridized carbons (Fsp3) is 0.381. The van der Waals surface area contributed by atoms with E-state index in [9.17, 15) is 24.6 Å². The van der Waals surface area contributed by atoms with Crippen LogP contribution in [0, 0.1) is 6.92 Å². The van der Waals surface area contributed by atoms with Crippen molar-refractivity contribution < 1.29 is 33.9 Å². The first-order valence-electron chi connectivity index (χ1n) is 18.5. The van der Waals surface area contributed by atoms with Crippen LogP contribution in [0.4, 0.5) is 0 Å². The number of nitrogens with zero attached hydrogens (tertiary/aromatic N) is 3. The number of aryl methyl sites for hydroxylation is 1. The average molecular weight is 768 g/mol. The molecule has 3 aromatic heterocycles. The van der Waals surface area contributed by atoms with E-state index in [-0.39, 0.29) is 17.6 Å². The molecule has 4 N–H and O–H groups in total. The number of aliphatic hydroxyl groups excluding tert-OH is 1. The Balaban J connectivity index is 1.27. The minimum atomic E-state index is -1.77. The number of rotatable bonds is 18. The fourth-order valence-electron chi connectivity index (χ4n) is 5.81. The molecule has 3 atom stereocenters. The summed E-state index contributed by atoms with van der Waals surface area (Å²) in [7, 11) is 0. The number of carbonyl (C=O) groups is 3. The quantitative estimate of drug-likeness (QED) is 0.0655. The van der Waals surface area contributed by atoms with Crippen LogP contribution in [-0.2, 0) is 21.4 Å². The first-order chi connectivity index (χ1) is 26.3. The van der Waals surface area contributed by atoms with Crippen LogP contribution in [0.25, 0.3) is 22.5 Å². The number of amides is 2. The maximum Gasteiger partial charge on any atom is 0.329 e. The number of carboxylic acid groups (broad SMARTS) is 1. The van der Waals surface area contributed by atoms with Crippen molar-refractivity contribution in [1.82, 2.24) is 25.8 Å². The molecule has 0 aliphatic heterocycles. The molecule has 3 heterocycles. The minimum Gasteiger partial charge on any atom is -0.494 e. The van der Waals surface area contributed by atoms with E-state index in [0.717, 1.165) is 33.7 Å². The standard InChI is InChI=1S/C42H49N5O7S/c1-6-7-8-9-10-21-53-31-17-15-28(16-18-31)30-24-43-38(44-25-30)29-13-11-27(12-14-29)23-32(45-40(50)34-19-20-35(55-34)42(3,4)5)39(49)46-36(41(51)52)37(48)33-22-26(2)47-54-33/h11-20,22,24-25,32,36-37,48H,6-10,21,23H2,1-5H3,(H,45,50)(H,46,49)(H,51,52)/t32-,36?,37?/m0/s1. The van der Waals surface area contributed by atoms with Crippen molar-refractivity contribution in [2.75, 3.05) is 6.61 Å². The lowest BCUT2D eigenvalue weighted by molar-refractivity contribution is -0.146. The van der Waals surface area contributed by atoms with E-state index in [2.05, 4.69) is 32.7 Å². The zero-order valence-corrected chi connectivity index (χ0v) is 32.7. The van der Waals surface area contributed by atoms with E-state index >= 15 is 0 Å². The van der Waals surface area contributed by atoms with Gasteiger partial charge in [0.1, 0.15) is 17.9 Å².